The highest BCUT2D eigenvalue weighted by molar-refractivity contribution is 9.09. The van der Waals surface area contributed by atoms with Gasteiger partial charge in [0.05, 0.1) is 0 Å². The van der Waals surface area contributed by atoms with Crippen LogP contribution in [-0.4, -0.2) is 5.33 Å². The fourth-order valence-electron chi connectivity index (χ4n) is 3.40. The van der Waals surface area contributed by atoms with E-state index in [1.807, 2.05) is 0 Å². The van der Waals surface area contributed by atoms with Crippen molar-refractivity contribution in [1.29, 1.82) is 0 Å². The van der Waals surface area contributed by atoms with Crippen LogP contribution in [0.15, 0.2) is 0 Å². The molecule has 0 radical (unpaired) electrons. The highest BCUT2D eigenvalue weighted by Crippen LogP contribution is 2.47. The lowest BCUT2D eigenvalue weighted by molar-refractivity contribution is 0.0874. The van der Waals surface area contributed by atoms with Crippen molar-refractivity contribution in [2.75, 3.05) is 5.33 Å². The van der Waals surface area contributed by atoms with Gasteiger partial charge in [0.2, 0.25) is 0 Å². The molecule has 1 rings (SSSR count). The number of rotatable bonds is 6. The molecule has 0 aromatic rings. The first-order valence-electron chi connectivity index (χ1n) is 6.81. The minimum Gasteiger partial charge on any atom is -0.0928 e. The van der Waals surface area contributed by atoms with Gasteiger partial charge < -0.3 is 0 Å². The molecule has 1 atom stereocenters. The normalized spacial score (nSPS) is 22.6. The van der Waals surface area contributed by atoms with Gasteiger partial charge >= 0.3 is 0 Å². The quantitative estimate of drug-likeness (QED) is 0.558. The highest BCUT2D eigenvalue weighted by atomic mass is 79.9. The zero-order chi connectivity index (χ0) is 11.1. The van der Waals surface area contributed by atoms with Crippen LogP contribution in [0.5, 0.6) is 0 Å². The fourth-order valence-corrected chi connectivity index (χ4v) is 3.68. The zero-order valence-corrected chi connectivity index (χ0v) is 12.1. The maximum atomic E-state index is 3.59. The van der Waals surface area contributed by atoms with E-state index >= 15 is 0 Å². The van der Waals surface area contributed by atoms with Crippen LogP contribution in [0.4, 0.5) is 0 Å². The smallest absolute Gasteiger partial charge is 0.00315 e. The molecule has 0 spiro atoms. The number of alkyl halides is 1. The van der Waals surface area contributed by atoms with E-state index < -0.39 is 0 Å². The summed E-state index contributed by atoms with van der Waals surface area (Å²) in [6.07, 6.45) is 13.1. The molecule has 15 heavy (non-hydrogen) atoms. The third-order valence-electron chi connectivity index (χ3n) is 4.42. The standard InChI is InChI=1S/C14H27Br/c1-3-8-13(2)14(11-7-12-15)9-5-4-6-10-14/h13H,3-12H2,1-2H3. The Bertz CT molecular complexity index is 159. The van der Waals surface area contributed by atoms with Gasteiger partial charge in [-0.25, -0.2) is 0 Å². The molecule has 0 aromatic heterocycles. The van der Waals surface area contributed by atoms with Gasteiger partial charge in [0.1, 0.15) is 0 Å². The summed E-state index contributed by atoms with van der Waals surface area (Å²) < 4.78 is 0. The van der Waals surface area contributed by atoms with E-state index in [1.165, 1.54) is 63.1 Å². The van der Waals surface area contributed by atoms with E-state index in [0.717, 1.165) is 5.92 Å². The topological polar surface area (TPSA) is 0 Å². The van der Waals surface area contributed by atoms with Crippen LogP contribution in [0.3, 0.4) is 0 Å². The molecule has 0 aromatic carbocycles. The molecule has 0 aliphatic heterocycles. The fraction of sp³-hybridized carbons (Fsp3) is 1.00. The molecule has 1 heteroatoms. The van der Waals surface area contributed by atoms with Gasteiger partial charge in [-0.3, -0.25) is 0 Å². The highest BCUT2D eigenvalue weighted by Gasteiger charge is 2.35. The monoisotopic (exact) mass is 274 g/mol. The first kappa shape index (κ1) is 13.5. The second kappa shape index (κ2) is 6.93. The Balaban J connectivity index is 2.56. The second-order valence-corrected chi connectivity index (χ2v) is 6.20. The van der Waals surface area contributed by atoms with Crippen molar-refractivity contribution in [3.05, 3.63) is 0 Å². The van der Waals surface area contributed by atoms with Crippen molar-refractivity contribution in [3.8, 4) is 0 Å². The minimum absolute atomic E-state index is 0.710. The molecule has 1 saturated carbocycles. The van der Waals surface area contributed by atoms with E-state index in [4.69, 9.17) is 0 Å². The summed E-state index contributed by atoms with van der Waals surface area (Å²) in [5.74, 6) is 0.946. The molecule has 1 aliphatic carbocycles. The van der Waals surface area contributed by atoms with Crippen LogP contribution in [0.2, 0.25) is 0 Å². The van der Waals surface area contributed by atoms with Gasteiger partial charge in [0.15, 0.2) is 0 Å². The van der Waals surface area contributed by atoms with Gasteiger partial charge in [0, 0.05) is 5.33 Å². The summed E-state index contributed by atoms with van der Waals surface area (Å²) in [5, 5.41) is 1.19. The Morgan fingerprint density at radius 1 is 1.20 bits per heavy atom. The number of hydrogen-bond donors (Lipinski definition) is 0. The van der Waals surface area contributed by atoms with Crippen molar-refractivity contribution in [2.24, 2.45) is 11.3 Å². The predicted molar refractivity (Wildman–Crippen MR) is 72.6 cm³/mol. The van der Waals surface area contributed by atoms with Crippen molar-refractivity contribution in [2.45, 2.75) is 71.6 Å². The molecule has 0 N–H and O–H groups in total. The lowest BCUT2D eigenvalue weighted by Crippen LogP contribution is -2.31. The van der Waals surface area contributed by atoms with Crippen LogP contribution in [0, 0.1) is 11.3 Å². The molecule has 0 nitrogen and oxygen atoms in total. The van der Waals surface area contributed by atoms with Gasteiger partial charge in [-0.2, -0.15) is 0 Å². The first-order chi connectivity index (χ1) is 7.25. The summed E-state index contributed by atoms with van der Waals surface area (Å²) in [7, 11) is 0. The van der Waals surface area contributed by atoms with Crippen LogP contribution in [0.25, 0.3) is 0 Å². The Morgan fingerprint density at radius 3 is 2.40 bits per heavy atom. The maximum Gasteiger partial charge on any atom is 0.00315 e. The first-order valence-corrected chi connectivity index (χ1v) is 7.93. The molecular formula is C14H27Br. The van der Waals surface area contributed by atoms with Gasteiger partial charge in [-0.15, -0.1) is 0 Å². The minimum atomic E-state index is 0.710. The second-order valence-electron chi connectivity index (χ2n) is 5.41. The molecule has 1 fully saturated rings. The summed E-state index contributed by atoms with van der Waals surface area (Å²) in [4.78, 5) is 0. The average molecular weight is 275 g/mol. The number of halogens is 1. The van der Waals surface area contributed by atoms with E-state index in [0.29, 0.717) is 5.41 Å². The van der Waals surface area contributed by atoms with Crippen LogP contribution in [-0.2, 0) is 0 Å². The molecule has 0 heterocycles. The van der Waals surface area contributed by atoms with Crippen LogP contribution >= 0.6 is 15.9 Å². The molecule has 0 amide bonds. The van der Waals surface area contributed by atoms with E-state index in [1.54, 1.807) is 0 Å². The van der Waals surface area contributed by atoms with Crippen molar-refractivity contribution >= 4 is 15.9 Å². The third kappa shape index (κ3) is 3.76. The van der Waals surface area contributed by atoms with E-state index in [9.17, 15) is 0 Å². The molecule has 0 saturated heterocycles. The third-order valence-corrected chi connectivity index (χ3v) is 4.99. The molecule has 1 aliphatic rings. The SMILES string of the molecule is CCCC(C)C1(CCCBr)CCCCC1. The van der Waals surface area contributed by atoms with E-state index in [2.05, 4.69) is 29.8 Å². The van der Waals surface area contributed by atoms with E-state index in [-0.39, 0.29) is 0 Å². The van der Waals surface area contributed by atoms with Gasteiger partial charge in [0.25, 0.3) is 0 Å². The molecule has 0 bridgehead atoms. The molecule has 1 unspecified atom stereocenters. The Morgan fingerprint density at radius 2 is 1.87 bits per heavy atom. The summed E-state index contributed by atoms with van der Waals surface area (Å²) in [6, 6.07) is 0. The average Bonchev–Trinajstić information content (AvgIpc) is 2.28. The zero-order valence-electron chi connectivity index (χ0n) is 10.5. The maximum absolute atomic E-state index is 3.59. The Kier molecular flexibility index (Phi) is 6.26. The van der Waals surface area contributed by atoms with Crippen molar-refractivity contribution < 1.29 is 0 Å². The van der Waals surface area contributed by atoms with Gasteiger partial charge in [-0.05, 0) is 37.0 Å². The van der Waals surface area contributed by atoms with Crippen molar-refractivity contribution in [3.63, 3.8) is 0 Å². The molecular weight excluding hydrogens is 248 g/mol. The van der Waals surface area contributed by atoms with Crippen molar-refractivity contribution in [1.82, 2.24) is 0 Å². The summed E-state index contributed by atoms with van der Waals surface area (Å²) >= 11 is 3.59. The largest absolute Gasteiger partial charge is 0.0928 e. The lowest BCUT2D eigenvalue weighted by Gasteiger charge is -2.43. The lowest BCUT2D eigenvalue weighted by atomic mass is 9.63. The molecule has 90 valence electrons. The summed E-state index contributed by atoms with van der Waals surface area (Å²) in [6.45, 7) is 4.83. The predicted octanol–water partition coefficient (Wildman–Crippen LogP) is 5.55. The van der Waals surface area contributed by atoms with Gasteiger partial charge in [-0.1, -0.05) is 61.9 Å². The van der Waals surface area contributed by atoms with Crippen LogP contribution in [0.1, 0.15) is 71.6 Å². The van der Waals surface area contributed by atoms with Crippen LogP contribution < -0.4 is 0 Å². The summed E-state index contributed by atoms with van der Waals surface area (Å²) in [5.41, 5.74) is 0.710. The Hall–Kier alpha value is 0.480. The number of hydrogen-bond acceptors (Lipinski definition) is 0. The Labute approximate surface area is 104 Å².